The van der Waals surface area contributed by atoms with Crippen molar-refractivity contribution in [1.29, 1.82) is 0 Å². The summed E-state index contributed by atoms with van der Waals surface area (Å²) in [5.41, 5.74) is 1.46. The van der Waals surface area contributed by atoms with E-state index in [1.807, 2.05) is 0 Å². The van der Waals surface area contributed by atoms with Crippen LogP contribution in [0.4, 0.5) is 0 Å². The van der Waals surface area contributed by atoms with E-state index >= 15 is 0 Å². The molecule has 134 valence electrons. The summed E-state index contributed by atoms with van der Waals surface area (Å²) in [5, 5.41) is 9.94. The molecule has 0 radical (unpaired) electrons. The Hall–Kier alpha value is -3.54. The number of methoxy groups -OCH3 is 2. The molecule has 0 atom stereocenters. The average molecular weight is 354 g/mol. The van der Waals surface area contributed by atoms with Gasteiger partial charge in [-0.1, -0.05) is 18.2 Å². The van der Waals surface area contributed by atoms with Gasteiger partial charge in [-0.15, -0.1) is 0 Å². The number of phenols is 1. The third kappa shape index (κ3) is 5.52. The molecular formula is C20H18O6. The lowest BCUT2D eigenvalue weighted by Gasteiger charge is -2.09. The summed E-state index contributed by atoms with van der Waals surface area (Å²) < 4.78 is 14.7. The Morgan fingerprint density at radius 3 is 1.96 bits per heavy atom. The molecule has 0 heterocycles. The summed E-state index contributed by atoms with van der Waals surface area (Å²) in [6.45, 7) is 0. The highest BCUT2D eigenvalue weighted by atomic mass is 16.5. The topological polar surface area (TPSA) is 82.1 Å². The second kappa shape index (κ2) is 9.08. The predicted octanol–water partition coefficient (Wildman–Crippen LogP) is 3.56. The molecule has 0 bridgehead atoms. The zero-order valence-corrected chi connectivity index (χ0v) is 14.3. The van der Waals surface area contributed by atoms with Crippen LogP contribution in [0.25, 0.3) is 12.2 Å². The van der Waals surface area contributed by atoms with Gasteiger partial charge in [-0.05, 0) is 47.5 Å². The van der Waals surface area contributed by atoms with E-state index in [0.717, 1.165) is 5.56 Å². The zero-order valence-electron chi connectivity index (χ0n) is 14.3. The van der Waals surface area contributed by atoms with E-state index in [9.17, 15) is 14.7 Å². The summed E-state index contributed by atoms with van der Waals surface area (Å²) in [6.07, 6.45) is 5.77. The smallest absolute Gasteiger partial charge is 0.330 e. The molecule has 0 aromatic heterocycles. The molecule has 2 aromatic rings. The minimum absolute atomic E-state index is 0.0325. The van der Waals surface area contributed by atoms with Crippen LogP contribution in [0.1, 0.15) is 11.1 Å². The Morgan fingerprint density at radius 2 is 1.38 bits per heavy atom. The van der Waals surface area contributed by atoms with Crippen molar-refractivity contribution in [1.82, 2.24) is 0 Å². The van der Waals surface area contributed by atoms with E-state index in [2.05, 4.69) is 9.47 Å². The molecule has 2 aromatic carbocycles. The Kier molecular flexibility index (Phi) is 6.56. The lowest BCUT2D eigenvalue weighted by atomic mass is 10.2. The number of esters is 2. The molecule has 0 aliphatic carbocycles. The van der Waals surface area contributed by atoms with Crippen LogP contribution in [0.5, 0.6) is 17.2 Å². The van der Waals surface area contributed by atoms with Gasteiger partial charge in [0, 0.05) is 12.2 Å². The Morgan fingerprint density at radius 1 is 0.846 bits per heavy atom. The lowest BCUT2D eigenvalue weighted by molar-refractivity contribution is -0.135. The minimum atomic E-state index is -0.476. The molecule has 0 unspecified atom stereocenters. The molecule has 2 rings (SSSR count). The molecule has 0 saturated heterocycles. The predicted molar refractivity (Wildman–Crippen MR) is 96.7 cm³/mol. The van der Waals surface area contributed by atoms with Gasteiger partial charge in [0.25, 0.3) is 0 Å². The summed E-state index contributed by atoms with van der Waals surface area (Å²) in [5.74, 6) is -0.197. The van der Waals surface area contributed by atoms with Gasteiger partial charge in [-0.2, -0.15) is 0 Å². The van der Waals surface area contributed by atoms with Crippen molar-refractivity contribution in [2.45, 2.75) is 0 Å². The van der Waals surface area contributed by atoms with Gasteiger partial charge >= 0.3 is 11.9 Å². The molecular weight excluding hydrogens is 336 g/mol. The molecule has 26 heavy (non-hydrogen) atoms. The van der Waals surface area contributed by atoms with Gasteiger partial charge in [-0.25, -0.2) is 9.59 Å². The molecule has 6 nitrogen and oxygen atoms in total. The third-order valence-electron chi connectivity index (χ3n) is 3.32. The minimum Gasteiger partial charge on any atom is -0.504 e. The van der Waals surface area contributed by atoms with Crippen molar-refractivity contribution >= 4 is 24.1 Å². The number of carbonyl (C=O) groups is 2. The third-order valence-corrected chi connectivity index (χ3v) is 3.32. The largest absolute Gasteiger partial charge is 0.504 e. The fraction of sp³-hybridized carbons (Fsp3) is 0.100. The number of aromatic hydroxyl groups is 1. The van der Waals surface area contributed by atoms with Gasteiger partial charge in [0.2, 0.25) is 0 Å². The summed E-state index contributed by atoms with van der Waals surface area (Å²) >= 11 is 0. The number of ether oxygens (including phenoxy) is 3. The summed E-state index contributed by atoms with van der Waals surface area (Å²) in [4.78, 5) is 22.2. The van der Waals surface area contributed by atoms with Crippen LogP contribution in [0.2, 0.25) is 0 Å². The van der Waals surface area contributed by atoms with Crippen LogP contribution in [-0.2, 0) is 19.1 Å². The zero-order chi connectivity index (χ0) is 18.9. The Labute approximate surface area is 150 Å². The van der Waals surface area contributed by atoms with Gasteiger partial charge in [0.05, 0.1) is 14.2 Å². The second-order valence-electron chi connectivity index (χ2n) is 5.11. The van der Waals surface area contributed by atoms with Crippen LogP contribution in [0, 0.1) is 0 Å². The van der Waals surface area contributed by atoms with E-state index < -0.39 is 11.9 Å². The number of rotatable bonds is 6. The van der Waals surface area contributed by atoms with Gasteiger partial charge in [-0.3, -0.25) is 0 Å². The molecule has 0 aliphatic heterocycles. The fourth-order valence-corrected chi connectivity index (χ4v) is 1.95. The number of hydrogen-bond donors (Lipinski definition) is 1. The molecule has 6 heteroatoms. The second-order valence-corrected chi connectivity index (χ2v) is 5.11. The van der Waals surface area contributed by atoms with E-state index in [1.165, 1.54) is 32.4 Å². The van der Waals surface area contributed by atoms with Crippen LogP contribution in [0.3, 0.4) is 0 Å². The molecule has 1 N–H and O–H groups in total. The van der Waals surface area contributed by atoms with Crippen LogP contribution < -0.4 is 4.74 Å². The Balaban J connectivity index is 2.12. The molecule has 0 fully saturated rings. The van der Waals surface area contributed by atoms with Gasteiger partial charge in [0.15, 0.2) is 11.5 Å². The van der Waals surface area contributed by atoms with Crippen molar-refractivity contribution in [3.63, 3.8) is 0 Å². The van der Waals surface area contributed by atoms with Crippen molar-refractivity contribution in [3.8, 4) is 17.2 Å². The van der Waals surface area contributed by atoms with Gasteiger partial charge < -0.3 is 19.3 Å². The first-order valence-corrected chi connectivity index (χ1v) is 7.65. The lowest BCUT2D eigenvalue weighted by Crippen LogP contribution is -1.93. The normalized spacial score (nSPS) is 10.8. The molecule has 0 spiro atoms. The first kappa shape index (κ1) is 18.8. The van der Waals surface area contributed by atoms with E-state index in [1.54, 1.807) is 48.6 Å². The van der Waals surface area contributed by atoms with Crippen molar-refractivity contribution in [2.75, 3.05) is 14.2 Å². The molecule has 0 amide bonds. The van der Waals surface area contributed by atoms with Crippen molar-refractivity contribution < 1.29 is 28.9 Å². The maximum atomic E-state index is 11.2. The SMILES string of the molecule is COC(=O)/C=C/c1ccc(Oc2cc(/C=C/C(=O)OC)ccc2O)cc1. The molecule has 0 aliphatic rings. The average Bonchev–Trinajstić information content (AvgIpc) is 2.67. The standard InChI is InChI=1S/C20H18O6/c1-24-19(22)11-6-14-3-8-16(9-4-14)26-18-13-15(5-10-17(18)21)7-12-20(23)25-2/h3-13,21H,1-2H3/b11-6+,12-7+. The van der Waals surface area contributed by atoms with Crippen LogP contribution in [0.15, 0.2) is 54.6 Å². The first-order valence-electron chi connectivity index (χ1n) is 7.65. The molecule has 0 saturated carbocycles. The van der Waals surface area contributed by atoms with E-state index in [0.29, 0.717) is 11.3 Å². The fourth-order valence-electron chi connectivity index (χ4n) is 1.95. The van der Waals surface area contributed by atoms with Crippen molar-refractivity contribution in [2.24, 2.45) is 0 Å². The number of phenolic OH excluding ortho intramolecular Hbond substituents is 1. The van der Waals surface area contributed by atoms with Crippen LogP contribution >= 0.6 is 0 Å². The van der Waals surface area contributed by atoms with Gasteiger partial charge in [0.1, 0.15) is 5.75 Å². The number of carbonyl (C=O) groups excluding carboxylic acids is 2. The summed E-state index contributed by atoms with van der Waals surface area (Å²) in [7, 11) is 2.60. The highest BCUT2D eigenvalue weighted by Gasteiger charge is 2.05. The highest BCUT2D eigenvalue weighted by Crippen LogP contribution is 2.32. The Bertz CT molecular complexity index is 834. The number of hydrogen-bond acceptors (Lipinski definition) is 6. The monoisotopic (exact) mass is 354 g/mol. The quantitative estimate of drug-likeness (QED) is 0.631. The van der Waals surface area contributed by atoms with E-state index in [4.69, 9.17) is 4.74 Å². The van der Waals surface area contributed by atoms with E-state index in [-0.39, 0.29) is 11.5 Å². The van der Waals surface area contributed by atoms with Crippen LogP contribution in [-0.4, -0.2) is 31.3 Å². The first-order chi connectivity index (χ1) is 12.5. The number of benzene rings is 2. The summed E-state index contributed by atoms with van der Waals surface area (Å²) in [6, 6.07) is 11.6. The van der Waals surface area contributed by atoms with Crippen molar-refractivity contribution in [3.05, 3.63) is 65.7 Å². The highest BCUT2D eigenvalue weighted by molar-refractivity contribution is 5.87. The maximum absolute atomic E-state index is 11.2. The maximum Gasteiger partial charge on any atom is 0.330 e.